The smallest absolute Gasteiger partial charge is 0.00103 e. The summed E-state index contributed by atoms with van der Waals surface area (Å²) in [5, 5.41) is 0. The van der Waals surface area contributed by atoms with Crippen LogP contribution in [0.5, 0.6) is 0 Å². The average molecular weight is 308 g/mol. The molecular weight excluding hydrogens is 288 g/mol. The van der Waals surface area contributed by atoms with E-state index in [4.69, 9.17) is 0 Å². The minimum absolute atomic E-state index is 0.828. The largest absolute Gasteiger partial charge is 0.0619 e. The van der Waals surface area contributed by atoms with Crippen LogP contribution in [-0.4, -0.2) is 0 Å². The minimum atomic E-state index is 0.828. The maximum atomic E-state index is 2.51. The fraction of sp³-hybridized carbons (Fsp3) is 0.250. The van der Waals surface area contributed by atoms with Gasteiger partial charge in [-0.15, -0.1) is 0 Å². The van der Waals surface area contributed by atoms with Crippen molar-refractivity contribution in [2.45, 2.75) is 38.0 Å². The molecule has 0 heterocycles. The highest BCUT2D eigenvalue weighted by molar-refractivity contribution is 5.86. The summed E-state index contributed by atoms with van der Waals surface area (Å²) >= 11 is 0. The molecule has 116 valence electrons. The van der Waals surface area contributed by atoms with Crippen LogP contribution in [0.15, 0.2) is 54.6 Å². The first kappa shape index (κ1) is 13.0. The predicted octanol–water partition coefficient (Wildman–Crippen LogP) is 6.10. The lowest BCUT2D eigenvalue weighted by molar-refractivity contribution is 0.419. The first-order valence-electron chi connectivity index (χ1n) is 9.25. The quantitative estimate of drug-likeness (QED) is 0.351. The third kappa shape index (κ3) is 1.64. The zero-order valence-electron chi connectivity index (χ0n) is 13.8. The molecule has 0 unspecified atom stereocenters. The van der Waals surface area contributed by atoms with Crippen molar-refractivity contribution in [1.29, 1.82) is 0 Å². The molecule has 0 bridgehead atoms. The summed E-state index contributed by atoms with van der Waals surface area (Å²) in [4.78, 5) is 0. The Bertz CT molecular complexity index is 989. The number of rotatable bonds is 1. The van der Waals surface area contributed by atoms with Crippen molar-refractivity contribution in [3.05, 3.63) is 82.4 Å². The van der Waals surface area contributed by atoms with Gasteiger partial charge in [-0.05, 0) is 81.7 Å². The number of benzene rings is 3. The van der Waals surface area contributed by atoms with Crippen LogP contribution < -0.4 is 0 Å². The van der Waals surface area contributed by atoms with E-state index in [1.807, 2.05) is 0 Å². The van der Waals surface area contributed by atoms with E-state index in [0.717, 1.165) is 18.8 Å². The molecule has 0 spiro atoms. The molecule has 1 saturated carbocycles. The number of hydrogen-bond donors (Lipinski definition) is 0. The molecule has 3 aromatic rings. The molecular formula is C24H20. The standard InChI is InChI=1S/C24H20/c1-2-7-19-17(4-1)13-23-21(19)10-11-22-20-9-8-16(15-5-3-6-15)12-18(20)14-24(22)23/h1-2,4,7-12,15H,3,5-6,13-14H2. The van der Waals surface area contributed by atoms with Crippen molar-refractivity contribution >= 4 is 0 Å². The van der Waals surface area contributed by atoms with Gasteiger partial charge in [0.15, 0.2) is 0 Å². The Morgan fingerprint density at radius 1 is 0.625 bits per heavy atom. The molecule has 1 fully saturated rings. The zero-order chi connectivity index (χ0) is 15.7. The third-order valence-electron chi connectivity index (χ3n) is 6.47. The van der Waals surface area contributed by atoms with Crippen LogP contribution in [0.4, 0.5) is 0 Å². The van der Waals surface area contributed by atoms with Gasteiger partial charge in [-0.3, -0.25) is 0 Å². The van der Waals surface area contributed by atoms with Gasteiger partial charge in [0.1, 0.15) is 0 Å². The summed E-state index contributed by atoms with van der Waals surface area (Å²) in [6, 6.07) is 20.9. The van der Waals surface area contributed by atoms with Gasteiger partial charge in [-0.1, -0.05) is 61.0 Å². The average Bonchev–Trinajstić information content (AvgIpc) is 3.10. The Morgan fingerprint density at radius 3 is 2.04 bits per heavy atom. The molecule has 0 aromatic heterocycles. The van der Waals surface area contributed by atoms with E-state index in [0.29, 0.717) is 0 Å². The maximum Gasteiger partial charge on any atom is -0.00103 e. The zero-order valence-corrected chi connectivity index (χ0v) is 13.8. The highest BCUT2D eigenvalue weighted by Crippen LogP contribution is 2.47. The van der Waals surface area contributed by atoms with Crippen LogP contribution in [0.2, 0.25) is 0 Å². The monoisotopic (exact) mass is 308 g/mol. The number of fused-ring (bicyclic) bond motifs is 7. The van der Waals surface area contributed by atoms with E-state index in [9.17, 15) is 0 Å². The van der Waals surface area contributed by atoms with Crippen LogP contribution in [0, 0.1) is 0 Å². The Hall–Kier alpha value is -2.34. The van der Waals surface area contributed by atoms with Crippen LogP contribution in [0.25, 0.3) is 22.3 Å². The Labute approximate surface area is 143 Å². The van der Waals surface area contributed by atoms with Gasteiger partial charge < -0.3 is 0 Å². The maximum absolute atomic E-state index is 2.51. The fourth-order valence-corrected chi connectivity index (χ4v) is 4.94. The van der Waals surface area contributed by atoms with Crippen LogP contribution in [-0.2, 0) is 12.8 Å². The SMILES string of the molecule is c1ccc2c(c1)Cc1c-2ccc2c1Cc1cc(C3CCC3)ccc1-2. The van der Waals surface area contributed by atoms with Gasteiger partial charge in [0.05, 0.1) is 0 Å². The van der Waals surface area contributed by atoms with Crippen LogP contribution >= 0.6 is 0 Å². The van der Waals surface area contributed by atoms with Crippen molar-refractivity contribution in [1.82, 2.24) is 0 Å². The highest BCUT2D eigenvalue weighted by atomic mass is 14.3. The highest BCUT2D eigenvalue weighted by Gasteiger charge is 2.28. The molecule has 24 heavy (non-hydrogen) atoms. The molecule has 3 aliphatic carbocycles. The molecule has 6 rings (SSSR count). The molecule has 3 aromatic carbocycles. The van der Waals surface area contributed by atoms with Gasteiger partial charge in [0.25, 0.3) is 0 Å². The molecule has 0 aliphatic heterocycles. The van der Waals surface area contributed by atoms with E-state index < -0.39 is 0 Å². The lowest BCUT2D eigenvalue weighted by atomic mass is 9.79. The molecule has 0 heteroatoms. The second-order valence-electron chi connectivity index (χ2n) is 7.67. The summed E-state index contributed by atoms with van der Waals surface area (Å²) in [5.74, 6) is 0.828. The molecule has 0 amide bonds. The number of hydrogen-bond acceptors (Lipinski definition) is 0. The first-order chi connectivity index (χ1) is 11.9. The van der Waals surface area contributed by atoms with Crippen molar-refractivity contribution < 1.29 is 0 Å². The van der Waals surface area contributed by atoms with Crippen molar-refractivity contribution in [2.75, 3.05) is 0 Å². The van der Waals surface area contributed by atoms with E-state index >= 15 is 0 Å². The van der Waals surface area contributed by atoms with Crippen molar-refractivity contribution in [3.63, 3.8) is 0 Å². The topological polar surface area (TPSA) is 0 Å². The molecule has 0 nitrogen and oxygen atoms in total. The Kier molecular flexibility index (Phi) is 2.49. The summed E-state index contributed by atoms with van der Waals surface area (Å²) in [6.45, 7) is 0. The summed E-state index contributed by atoms with van der Waals surface area (Å²) in [6.07, 6.45) is 6.42. The summed E-state index contributed by atoms with van der Waals surface area (Å²) in [5.41, 5.74) is 13.7. The first-order valence-corrected chi connectivity index (χ1v) is 9.25. The summed E-state index contributed by atoms with van der Waals surface area (Å²) in [7, 11) is 0. The normalized spacial score (nSPS) is 17.0. The van der Waals surface area contributed by atoms with E-state index in [2.05, 4.69) is 54.6 Å². The fourth-order valence-electron chi connectivity index (χ4n) is 4.94. The third-order valence-corrected chi connectivity index (χ3v) is 6.47. The van der Waals surface area contributed by atoms with Gasteiger partial charge in [-0.25, -0.2) is 0 Å². The van der Waals surface area contributed by atoms with Crippen LogP contribution in [0.1, 0.15) is 53.0 Å². The van der Waals surface area contributed by atoms with Gasteiger partial charge in [0, 0.05) is 0 Å². The predicted molar refractivity (Wildman–Crippen MR) is 99.5 cm³/mol. The van der Waals surface area contributed by atoms with E-state index in [1.165, 1.54) is 47.1 Å². The second kappa shape index (κ2) is 4.60. The summed E-state index contributed by atoms with van der Waals surface area (Å²) < 4.78 is 0. The Balaban J connectivity index is 1.48. The van der Waals surface area contributed by atoms with Gasteiger partial charge in [0.2, 0.25) is 0 Å². The Morgan fingerprint density at radius 2 is 1.29 bits per heavy atom. The molecule has 0 atom stereocenters. The molecule has 0 N–H and O–H groups in total. The van der Waals surface area contributed by atoms with Crippen molar-refractivity contribution in [3.8, 4) is 22.3 Å². The second-order valence-corrected chi connectivity index (χ2v) is 7.67. The molecule has 0 saturated heterocycles. The molecule has 3 aliphatic rings. The molecule has 0 radical (unpaired) electrons. The lowest BCUT2D eigenvalue weighted by Crippen LogP contribution is -2.08. The lowest BCUT2D eigenvalue weighted by Gasteiger charge is -2.26. The van der Waals surface area contributed by atoms with E-state index in [1.54, 1.807) is 22.3 Å². The van der Waals surface area contributed by atoms with Gasteiger partial charge in [-0.2, -0.15) is 0 Å². The van der Waals surface area contributed by atoms with E-state index in [-0.39, 0.29) is 0 Å². The van der Waals surface area contributed by atoms with Crippen molar-refractivity contribution in [2.24, 2.45) is 0 Å². The van der Waals surface area contributed by atoms with Gasteiger partial charge >= 0.3 is 0 Å². The minimum Gasteiger partial charge on any atom is -0.0619 e. The van der Waals surface area contributed by atoms with Crippen LogP contribution in [0.3, 0.4) is 0 Å².